The smallest absolute Gasteiger partial charge is 0.309 e. The van der Waals surface area contributed by atoms with Gasteiger partial charge in [0.25, 0.3) is 0 Å². The van der Waals surface area contributed by atoms with Crippen LogP contribution < -0.4 is 0 Å². The summed E-state index contributed by atoms with van der Waals surface area (Å²) in [4.78, 5) is 11.5. The molecule has 0 amide bonds. The highest BCUT2D eigenvalue weighted by Crippen LogP contribution is 2.42. The van der Waals surface area contributed by atoms with Crippen LogP contribution in [0.1, 0.15) is 126 Å². The largest absolute Gasteiger partial charge is 0.481 e. The number of aliphatic hydroxyl groups is 3. The first-order chi connectivity index (χ1) is 18.4. The van der Waals surface area contributed by atoms with Crippen LogP contribution >= 0.6 is 0 Å². The highest BCUT2D eigenvalue weighted by Gasteiger charge is 2.32. The molecule has 0 radical (unpaired) electrons. The molecule has 0 saturated heterocycles. The molecule has 0 heterocycles. The Morgan fingerprint density at radius 2 is 1.38 bits per heavy atom. The van der Waals surface area contributed by atoms with Gasteiger partial charge in [-0.15, -0.1) is 0 Å². The van der Waals surface area contributed by atoms with Crippen molar-refractivity contribution in [3.63, 3.8) is 0 Å². The predicted molar refractivity (Wildman–Crippen MR) is 165 cm³/mol. The highest BCUT2D eigenvalue weighted by atomic mass is 16.4. The Bertz CT molecular complexity index is 989. The van der Waals surface area contributed by atoms with Crippen LogP contribution in [0.25, 0.3) is 0 Å². The van der Waals surface area contributed by atoms with Crippen molar-refractivity contribution in [2.24, 2.45) is 21.7 Å². The van der Waals surface area contributed by atoms with Gasteiger partial charge in [0.15, 0.2) is 0 Å². The van der Waals surface area contributed by atoms with Crippen LogP contribution in [0.15, 0.2) is 46.6 Å². The third-order valence-corrected chi connectivity index (χ3v) is 9.00. The topological polar surface area (TPSA) is 98.0 Å². The molecule has 0 fully saturated rings. The van der Waals surface area contributed by atoms with Gasteiger partial charge >= 0.3 is 5.97 Å². The van der Waals surface area contributed by atoms with Gasteiger partial charge in [0.2, 0.25) is 0 Å². The van der Waals surface area contributed by atoms with Crippen molar-refractivity contribution in [2.75, 3.05) is 6.61 Å². The zero-order valence-corrected chi connectivity index (χ0v) is 26.6. The van der Waals surface area contributed by atoms with E-state index in [1.54, 1.807) is 13.8 Å². The summed E-state index contributed by atoms with van der Waals surface area (Å²) in [7, 11) is 0. The molecule has 228 valence electrons. The normalized spacial score (nSPS) is 22.8. The molecule has 0 aromatic rings. The van der Waals surface area contributed by atoms with Crippen molar-refractivity contribution >= 4 is 5.97 Å². The molecule has 2 aliphatic rings. The van der Waals surface area contributed by atoms with Crippen LogP contribution in [0.2, 0.25) is 0 Å². The number of rotatable bonds is 16. The zero-order chi connectivity index (χ0) is 30.4. The summed E-state index contributed by atoms with van der Waals surface area (Å²) in [6.45, 7) is 16.7. The van der Waals surface area contributed by atoms with Gasteiger partial charge in [-0.25, -0.2) is 0 Å². The summed E-state index contributed by atoms with van der Waals surface area (Å²) in [6, 6.07) is 0. The van der Waals surface area contributed by atoms with Crippen molar-refractivity contribution in [3.8, 4) is 0 Å². The Hall–Kier alpha value is -1.69. The second kappa shape index (κ2) is 14.0. The summed E-state index contributed by atoms with van der Waals surface area (Å²) < 4.78 is 0. The van der Waals surface area contributed by atoms with E-state index in [9.17, 15) is 25.2 Å². The molecule has 0 bridgehead atoms. The van der Waals surface area contributed by atoms with E-state index in [0.29, 0.717) is 6.42 Å². The van der Waals surface area contributed by atoms with Crippen LogP contribution in [-0.4, -0.2) is 45.2 Å². The lowest BCUT2D eigenvalue weighted by Crippen LogP contribution is -2.26. The van der Waals surface area contributed by atoms with Crippen LogP contribution in [0.3, 0.4) is 0 Å². The summed E-state index contributed by atoms with van der Waals surface area (Å²) >= 11 is 0. The van der Waals surface area contributed by atoms with E-state index in [2.05, 4.69) is 59.8 Å². The number of hydrogen-bond acceptors (Lipinski definition) is 4. The third kappa shape index (κ3) is 9.99. The minimum Gasteiger partial charge on any atom is -0.481 e. The average Bonchev–Trinajstić information content (AvgIpc) is 2.85. The minimum absolute atomic E-state index is 0.0534. The van der Waals surface area contributed by atoms with Crippen LogP contribution in [0.5, 0.6) is 0 Å². The summed E-state index contributed by atoms with van der Waals surface area (Å²) in [6.07, 6.45) is 16.9. The number of carbonyl (C=O) groups is 1. The van der Waals surface area contributed by atoms with Gasteiger partial charge in [-0.1, -0.05) is 84.3 Å². The lowest BCUT2D eigenvalue weighted by atomic mass is 9.72. The molecule has 5 nitrogen and oxygen atoms in total. The maximum atomic E-state index is 11.5. The van der Waals surface area contributed by atoms with Crippen molar-refractivity contribution in [1.82, 2.24) is 0 Å². The first-order valence-corrected chi connectivity index (χ1v) is 15.5. The second-order valence-corrected chi connectivity index (χ2v) is 15.0. The Morgan fingerprint density at radius 1 is 0.825 bits per heavy atom. The summed E-state index contributed by atoms with van der Waals surface area (Å²) in [5.74, 6) is -0.764. The van der Waals surface area contributed by atoms with Gasteiger partial charge in [-0.2, -0.15) is 0 Å². The van der Waals surface area contributed by atoms with E-state index >= 15 is 0 Å². The highest BCUT2D eigenvalue weighted by molar-refractivity contribution is 5.73. The maximum absolute atomic E-state index is 11.5. The molecule has 2 atom stereocenters. The molecule has 5 heteroatoms. The van der Waals surface area contributed by atoms with Gasteiger partial charge in [0.1, 0.15) is 0 Å². The molecule has 0 aromatic heterocycles. The van der Waals surface area contributed by atoms with E-state index in [-0.39, 0.29) is 22.9 Å². The Kier molecular flexibility index (Phi) is 12.1. The van der Waals surface area contributed by atoms with E-state index in [1.807, 2.05) is 6.08 Å². The number of carboxylic acid groups (broad SMARTS) is 1. The number of allylic oxidation sites excluding steroid dienone is 4. The number of carboxylic acids is 1. The predicted octanol–water partition coefficient (Wildman–Crippen LogP) is 7.91. The molecule has 2 unspecified atom stereocenters. The number of hydrogen-bond donors (Lipinski definition) is 4. The average molecular weight is 559 g/mol. The van der Waals surface area contributed by atoms with Gasteiger partial charge in [-0.3, -0.25) is 4.79 Å². The molecular weight excluding hydrogens is 500 g/mol. The van der Waals surface area contributed by atoms with Gasteiger partial charge in [0, 0.05) is 17.4 Å². The number of aliphatic hydroxyl groups excluding tert-OH is 3. The van der Waals surface area contributed by atoms with Crippen molar-refractivity contribution in [2.45, 2.75) is 138 Å². The Balaban J connectivity index is 2.03. The fourth-order valence-electron chi connectivity index (χ4n) is 6.20. The molecule has 2 aliphatic carbocycles. The second-order valence-electron chi connectivity index (χ2n) is 15.0. The van der Waals surface area contributed by atoms with E-state index in [1.165, 1.54) is 5.57 Å². The third-order valence-electron chi connectivity index (χ3n) is 9.00. The Labute approximate surface area is 244 Å². The molecule has 0 spiro atoms. The summed E-state index contributed by atoms with van der Waals surface area (Å²) in [5, 5.41) is 41.1. The minimum atomic E-state index is -0.764. The monoisotopic (exact) mass is 558 g/mol. The van der Waals surface area contributed by atoms with Gasteiger partial charge in [0.05, 0.1) is 17.6 Å². The zero-order valence-electron chi connectivity index (χ0n) is 26.6. The first-order valence-electron chi connectivity index (χ1n) is 15.5. The van der Waals surface area contributed by atoms with E-state index in [4.69, 9.17) is 0 Å². The molecule has 0 aliphatic heterocycles. The van der Waals surface area contributed by atoms with Gasteiger partial charge < -0.3 is 20.4 Å². The molecule has 2 rings (SSSR count). The van der Waals surface area contributed by atoms with Crippen molar-refractivity contribution in [3.05, 3.63) is 46.6 Å². The molecule has 4 N–H and O–H groups in total. The van der Waals surface area contributed by atoms with Crippen LogP contribution in [0, 0.1) is 21.7 Å². The number of unbranched alkanes of at least 4 members (excludes halogenated alkanes) is 2. The van der Waals surface area contributed by atoms with Crippen molar-refractivity contribution < 1.29 is 25.2 Å². The van der Waals surface area contributed by atoms with E-state index < -0.39 is 23.6 Å². The molecule has 40 heavy (non-hydrogen) atoms. The lowest BCUT2D eigenvalue weighted by Gasteiger charge is -2.35. The first kappa shape index (κ1) is 34.5. The van der Waals surface area contributed by atoms with E-state index in [0.717, 1.165) is 80.9 Å². The lowest BCUT2D eigenvalue weighted by molar-refractivity contribution is -0.147. The van der Waals surface area contributed by atoms with Crippen LogP contribution in [-0.2, 0) is 4.79 Å². The molecular formula is C35H58O5. The standard InChI is InChI=1S/C35H58O5/c1-32(2,24-36)19-11-9-14-25-22-33(3,4)23-26(30(25)38)15-13-17-28-27(29(37)18-21-34(28,5)6)16-10-12-20-35(7,8)31(39)40/h18,21-23,29-30,36-38H,9-17,19-20,24H2,1-8H3,(H,39,40). The fraction of sp³-hybridized carbons (Fsp3) is 0.743. The quantitative estimate of drug-likeness (QED) is 0.114. The van der Waals surface area contributed by atoms with Crippen LogP contribution in [0.4, 0.5) is 0 Å². The molecule has 0 aromatic carbocycles. The fourth-order valence-corrected chi connectivity index (χ4v) is 6.20. The number of aliphatic carboxylic acids is 1. The maximum Gasteiger partial charge on any atom is 0.309 e. The molecule has 0 saturated carbocycles. The SMILES string of the molecule is CC1(C)C=C(CCCCC(C)(C)CO)C(O)C(CCCC2=C(CCCCC(C)(C)C(=O)O)C(O)C=CC2(C)C)=C1. The Morgan fingerprint density at radius 3 is 1.95 bits per heavy atom. The van der Waals surface area contributed by atoms with Crippen molar-refractivity contribution in [1.29, 1.82) is 0 Å². The van der Waals surface area contributed by atoms with Gasteiger partial charge in [-0.05, 0) is 93.8 Å². The summed E-state index contributed by atoms with van der Waals surface area (Å²) in [5.41, 5.74) is 3.57.